The molecule has 0 aliphatic carbocycles. The first-order valence-electron chi connectivity index (χ1n) is 5.88. The predicted molar refractivity (Wildman–Crippen MR) is 65.8 cm³/mol. The molecule has 2 heteroatoms. The molecule has 0 aliphatic heterocycles. The molecule has 0 aromatic heterocycles. The zero-order valence-corrected chi connectivity index (χ0v) is 9.71. The van der Waals surface area contributed by atoms with E-state index in [0.29, 0.717) is 0 Å². The second-order valence-electron chi connectivity index (χ2n) is 3.41. The maximum atomic E-state index is 4.28. The molecular formula is C12H24N2. The lowest BCUT2D eigenvalue weighted by Gasteiger charge is -1.96. The first kappa shape index (κ1) is 13.3. The third-order valence-corrected chi connectivity index (χ3v) is 1.95. The minimum atomic E-state index is 1.01. The van der Waals surface area contributed by atoms with E-state index in [-0.39, 0.29) is 0 Å². The zero-order valence-electron chi connectivity index (χ0n) is 9.71. The highest BCUT2D eigenvalue weighted by molar-refractivity contribution is 5.56. The number of nitrogens with zero attached hydrogens (tertiary/aromatic N) is 2. The summed E-state index contributed by atoms with van der Waals surface area (Å²) >= 11 is 0. The molecule has 0 aliphatic rings. The predicted octanol–water partition coefficient (Wildman–Crippen LogP) is 3.51. The van der Waals surface area contributed by atoms with Crippen LogP contribution < -0.4 is 0 Å². The minimum Gasteiger partial charge on any atom is -0.298 e. The Balaban J connectivity index is 2.99. The van der Waals surface area contributed by atoms with Crippen molar-refractivity contribution in [3.05, 3.63) is 0 Å². The fraction of sp³-hybridized carbons (Fsp3) is 0.833. The Morgan fingerprint density at radius 3 is 1.50 bits per heavy atom. The monoisotopic (exact) mass is 196 g/mol. The van der Waals surface area contributed by atoms with Gasteiger partial charge in [0, 0.05) is 13.1 Å². The smallest absolute Gasteiger partial charge is 0.0385 e. The van der Waals surface area contributed by atoms with Crippen molar-refractivity contribution in [3.8, 4) is 0 Å². The van der Waals surface area contributed by atoms with E-state index < -0.39 is 0 Å². The van der Waals surface area contributed by atoms with Gasteiger partial charge in [-0.15, -0.1) is 0 Å². The maximum absolute atomic E-state index is 4.28. The van der Waals surface area contributed by atoms with Crippen LogP contribution in [0.3, 0.4) is 0 Å². The van der Waals surface area contributed by atoms with E-state index >= 15 is 0 Å². The van der Waals surface area contributed by atoms with E-state index in [1.807, 2.05) is 12.4 Å². The minimum absolute atomic E-state index is 1.01. The molecule has 0 saturated carbocycles. The highest BCUT2D eigenvalue weighted by Gasteiger charge is 1.87. The van der Waals surface area contributed by atoms with Crippen LogP contribution in [0, 0.1) is 0 Å². The van der Waals surface area contributed by atoms with Crippen molar-refractivity contribution in [2.45, 2.75) is 52.4 Å². The number of rotatable bonds is 9. The maximum Gasteiger partial charge on any atom is 0.0385 e. The van der Waals surface area contributed by atoms with E-state index in [9.17, 15) is 0 Å². The molecule has 0 spiro atoms. The van der Waals surface area contributed by atoms with E-state index in [0.717, 1.165) is 25.9 Å². The van der Waals surface area contributed by atoms with Gasteiger partial charge in [-0.3, -0.25) is 9.98 Å². The Morgan fingerprint density at radius 2 is 1.14 bits per heavy atom. The molecule has 0 radical (unpaired) electrons. The molecule has 0 aromatic carbocycles. The molecule has 0 bridgehead atoms. The SMILES string of the molecule is CCC=NCCCCCCN=CCC. The lowest BCUT2D eigenvalue weighted by atomic mass is 10.2. The lowest BCUT2D eigenvalue weighted by molar-refractivity contribution is 0.654. The molecule has 0 fully saturated rings. The summed E-state index contributed by atoms with van der Waals surface area (Å²) in [6.07, 6.45) is 11.2. The van der Waals surface area contributed by atoms with Crippen molar-refractivity contribution >= 4 is 12.4 Å². The van der Waals surface area contributed by atoms with Crippen LogP contribution in [0.1, 0.15) is 52.4 Å². The van der Waals surface area contributed by atoms with Crippen LogP contribution in [-0.2, 0) is 0 Å². The summed E-state index contributed by atoms with van der Waals surface area (Å²) in [7, 11) is 0. The fourth-order valence-electron chi connectivity index (χ4n) is 1.20. The van der Waals surface area contributed by atoms with E-state index in [4.69, 9.17) is 0 Å². The van der Waals surface area contributed by atoms with Crippen LogP contribution in [0.15, 0.2) is 9.98 Å². The largest absolute Gasteiger partial charge is 0.298 e. The van der Waals surface area contributed by atoms with Crippen molar-refractivity contribution < 1.29 is 0 Å². The van der Waals surface area contributed by atoms with Gasteiger partial charge in [0.15, 0.2) is 0 Å². The summed E-state index contributed by atoms with van der Waals surface area (Å²) in [6, 6.07) is 0. The summed E-state index contributed by atoms with van der Waals surface area (Å²) < 4.78 is 0. The van der Waals surface area contributed by atoms with Crippen molar-refractivity contribution in [1.82, 2.24) is 0 Å². The molecule has 14 heavy (non-hydrogen) atoms. The van der Waals surface area contributed by atoms with Crippen LogP contribution in [0.25, 0.3) is 0 Å². The lowest BCUT2D eigenvalue weighted by Crippen LogP contribution is -1.86. The number of hydrogen-bond acceptors (Lipinski definition) is 2. The average Bonchev–Trinajstić information content (AvgIpc) is 2.21. The first-order valence-corrected chi connectivity index (χ1v) is 5.88. The molecule has 0 aromatic rings. The number of aliphatic imine (C=N–C) groups is 2. The van der Waals surface area contributed by atoms with Gasteiger partial charge in [0.2, 0.25) is 0 Å². The van der Waals surface area contributed by atoms with Crippen LogP contribution in [0.2, 0.25) is 0 Å². The van der Waals surface area contributed by atoms with Gasteiger partial charge in [0.05, 0.1) is 0 Å². The molecule has 0 N–H and O–H groups in total. The van der Waals surface area contributed by atoms with Gasteiger partial charge in [-0.05, 0) is 38.1 Å². The van der Waals surface area contributed by atoms with Crippen molar-refractivity contribution in [3.63, 3.8) is 0 Å². The molecule has 0 atom stereocenters. The van der Waals surface area contributed by atoms with Gasteiger partial charge in [0.25, 0.3) is 0 Å². The molecule has 0 amide bonds. The van der Waals surface area contributed by atoms with Crippen LogP contribution in [0.5, 0.6) is 0 Å². The van der Waals surface area contributed by atoms with Crippen molar-refractivity contribution in [2.75, 3.05) is 13.1 Å². The van der Waals surface area contributed by atoms with Crippen molar-refractivity contribution in [1.29, 1.82) is 0 Å². The summed E-state index contributed by atoms with van der Waals surface area (Å²) in [5, 5.41) is 0. The number of unbranched alkanes of at least 4 members (excludes halogenated alkanes) is 3. The third-order valence-electron chi connectivity index (χ3n) is 1.95. The molecule has 82 valence electrons. The first-order chi connectivity index (χ1) is 6.91. The van der Waals surface area contributed by atoms with Gasteiger partial charge in [0.1, 0.15) is 0 Å². The van der Waals surface area contributed by atoms with Gasteiger partial charge in [-0.25, -0.2) is 0 Å². The molecule has 2 nitrogen and oxygen atoms in total. The fourth-order valence-corrected chi connectivity index (χ4v) is 1.20. The second-order valence-corrected chi connectivity index (χ2v) is 3.41. The summed E-state index contributed by atoms with van der Waals surface area (Å²) in [5.41, 5.74) is 0. The Labute approximate surface area is 88.5 Å². The Hall–Kier alpha value is -0.660. The quantitative estimate of drug-likeness (QED) is 0.398. The van der Waals surface area contributed by atoms with Gasteiger partial charge >= 0.3 is 0 Å². The zero-order chi connectivity index (χ0) is 10.5. The number of hydrogen-bond donors (Lipinski definition) is 0. The highest BCUT2D eigenvalue weighted by Crippen LogP contribution is 2.00. The van der Waals surface area contributed by atoms with E-state index in [2.05, 4.69) is 23.8 Å². The second kappa shape index (κ2) is 12.3. The van der Waals surface area contributed by atoms with E-state index in [1.165, 1.54) is 25.7 Å². The van der Waals surface area contributed by atoms with E-state index in [1.54, 1.807) is 0 Å². The molecule has 0 rings (SSSR count). The highest BCUT2D eigenvalue weighted by atomic mass is 14.7. The molecule has 0 unspecified atom stereocenters. The molecular weight excluding hydrogens is 172 g/mol. The summed E-state index contributed by atoms with van der Waals surface area (Å²) in [4.78, 5) is 8.56. The Kier molecular flexibility index (Phi) is 11.8. The van der Waals surface area contributed by atoms with Gasteiger partial charge < -0.3 is 0 Å². The van der Waals surface area contributed by atoms with Crippen LogP contribution in [-0.4, -0.2) is 25.5 Å². The summed E-state index contributed by atoms with van der Waals surface area (Å²) in [6.45, 7) is 6.25. The topological polar surface area (TPSA) is 24.7 Å². The Morgan fingerprint density at radius 1 is 0.714 bits per heavy atom. The van der Waals surface area contributed by atoms with Crippen LogP contribution in [0.4, 0.5) is 0 Å². The molecule has 0 saturated heterocycles. The standard InChI is InChI=1S/C12H24N2/c1-3-9-13-11-7-5-6-8-12-14-10-4-2/h9-10H,3-8,11-12H2,1-2H3. The normalized spacial score (nSPS) is 11.9. The van der Waals surface area contributed by atoms with Crippen LogP contribution >= 0.6 is 0 Å². The van der Waals surface area contributed by atoms with Gasteiger partial charge in [-0.1, -0.05) is 26.7 Å². The van der Waals surface area contributed by atoms with Gasteiger partial charge in [-0.2, -0.15) is 0 Å². The average molecular weight is 196 g/mol. The van der Waals surface area contributed by atoms with Crippen molar-refractivity contribution in [2.24, 2.45) is 9.98 Å². The third kappa shape index (κ3) is 11.3. The molecule has 0 heterocycles. The summed E-state index contributed by atoms with van der Waals surface area (Å²) in [5.74, 6) is 0. The Bertz CT molecular complexity index is 132.